The van der Waals surface area contributed by atoms with Crippen LogP contribution in [0.3, 0.4) is 0 Å². The molecule has 1 amide bonds. The highest BCUT2D eigenvalue weighted by molar-refractivity contribution is 6.04. The maximum absolute atomic E-state index is 11.4. The first-order chi connectivity index (χ1) is 8.02. The maximum atomic E-state index is 11.4. The van der Waals surface area contributed by atoms with E-state index >= 15 is 0 Å². The van der Waals surface area contributed by atoms with Gasteiger partial charge in [-0.25, -0.2) is 0 Å². The molecule has 0 atom stereocenters. The summed E-state index contributed by atoms with van der Waals surface area (Å²) in [4.78, 5) is 13.0. The number of phenols is 1. The van der Waals surface area contributed by atoms with E-state index in [1.165, 1.54) is 6.92 Å². The molecule has 0 fully saturated rings. The molecule has 0 saturated heterocycles. The third kappa shape index (κ3) is 1.84. The van der Waals surface area contributed by atoms with E-state index in [-0.39, 0.29) is 11.7 Å². The molecule has 2 rings (SSSR count). The molecule has 0 heterocycles. The summed E-state index contributed by atoms with van der Waals surface area (Å²) in [5, 5.41) is 11.7. The molecule has 2 aromatic rings. The van der Waals surface area contributed by atoms with Crippen LogP contribution in [0.5, 0.6) is 5.75 Å². The number of benzene rings is 2. The van der Waals surface area contributed by atoms with Crippen LogP contribution in [0.25, 0.3) is 10.8 Å². The Morgan fingerprint density at radius 2 is 1.88 bits per heavy atom. The van der Waals surface area contributed by atoms with Gasteiger partial charge >= 0.3 is 0 Å². The van der Waals surface area contributed by atoms with Crippen molar-refractivity contribution in [1.82, 2.24) is 0 Å². The summed E-state index contributed by atoms with van der Waals surface area (Å²) in [6, 6.07) is 9.36. The predicted molar refractivity (Wildman–Crippen MR) is 69.4 cm³/mol. The second-order valence-corrected chi connectivity index (χ2v) is 4.18. The van der Waals surface area contributed by atoms with Gasteiger partial charge in [-0.2, -0.15) is 0 Å². The van der Waals surface area contributed by atoms with Gasteiger partial charge in [-0.1, -0.05) is 24.3 Å². The SMILES string of the molecule is CC(=O)N(C)c1cccc2c(O)c(C)ccc12. The second-order valence-electron chi connectivity index (χ2n) is 4.18. The lowest BCUT2D eigenvalue weighted by atomic mass is 10.0. The number of nitrogens with zero attached hydrogens (tertiary/aromatic N) is 1. The fraction of sp³-hybridized carbons (Fsp3) is 0.214. The normalized spacial score (nSPS) is 10.5. The van der Waals surface area contributed by atoms with Crippen LogP contribution in [-0.2, 0) is 4.79 Å². The zero-order chi connectivity index (χ0) is 12.6. The molecule has 0 bridgehead atoms. The number of rotatable bonds is 1. The van der Waals surface area contributed by atoms with Gasteiger partial charge in [0.05, 0.1) is 5.69 Å². The van der Waals surface area contributed by atoms with E-state index in [0.717, 1.165) is 22.0 Å². The van der Waals surface area contributed by atoms with Crippen LogP contribution < -0.4 is 4.90 Å². The highest BCUT2D eigenvalue weighted by Gasteiger charge is 2.11. The number of carbonyl (C=O) groups excluding carboxylic acids is 1. The molecular formula is C14H15NO2. The number of aryl methyl sites for hydroxylation is 1. The van der Waals surface area contributed by atoms with E-state index in [9.17, 15) is 9.90 Å². The van der Waals surface area contributed by atoms with Gasteiger partial charge in [0, 0.05) is 24.7 Å². The minimum Gasteiger partial charge on any atom is -0.507 e. The summed E-state index contributed by atoms with van der Waals surface area (Å²) in [5.41, 5.74) is 1.64. The van der Waals surface area contributed by atoms with Gasteiger partial charge in [0.2, 0.25) is 5.91 Å². The summed E-state index contributed by atoms with van der Waals surface area (Å²) in [5.74, 6) is 0.249. The Labute approximate surface area is 100 Å². The molecular weight excluding hydrogens is 214 g/mol. The number of aromatic hydroxyl groups is 1. The van der Waals surface area contributed by atoms with Crippen LogP contribution in [0.1, 0.15) is 12.5 Å². The third-order valence-electron chi connectivity index (χ3n) is 3.05. The van der Waals surface area contributed by atoms with Gasteiger partial charge in [0.1, 0.15) is 5.75 Å². The van der Waals surface area contributed by atoms with Gasteiger partial charge in [-0.3, -0.25) is 4.79 Å². The van der Waals surface area contributed by atoms with Crippen molar-refractivity contribution in [2.75, 3.05) is 11.9 Å². The molecule has 2 aromatic carbocycles. The second kappa shape index (κ2) is 4.09. The monoisotopic (exact) mass is 229 g/mol. The summed E-state index contributed by atoms with van der Waals surface area (Å²) < 4.78 is 0. The van der Waals surface area contributed by atoms with Gasteiger partial charge in [0.25, 0.3) is 0 Å². The van der Waals surface area contributed by atoms with Crippen molar-refractivity contribution in [3.8, 4) is 5.75 Å². The lowest BCUT2D eigenvalue weighted by Crippen LogP contribution is -2.22. The molecule has 1 N–H and O–H groups in total. The number of fused-ring (bicyclic) bond motifs is 1. The van der Waals surface area contributed by atoms with E-state index in [4.69, 9.17) is 0 Å². The third-order valence-corrected chi connectivity index (χ3v) is 3.05. The molecule has 0 aliphatic heterocycles. The summed E-state index contributed by atoms with van der Waals surface area (Å²) in [6.07, 6.45) is 0. The standard InChI is InChI=1S/C14H15NO2/c1-9-7-8-11-12(14(9)17)5-4-6-13(11)15(3)10(2)16/h4-8,17H,1-3H3. The summed E-state index contributed by atoms with van der Waals surface area (Å²) in [6.45, 7) is 3.38. The predicted octanol–water partition coefficient (Wildman–Crippen LogP) is 2.84. The topological polar surface area (TPSA) is 40.5 Å². The zero-order valence-corrected chi connectivity index (χ0v) is 10.2. The fourth-order valence-electron chi connectivity index (χ4n) is 1.90. The Hall–Kier alpha value is -2.03. The molecule has 0 aliphatic rings. The molecule has 0 aromatic heterocycles. The van der Waals surface area contributed by atoms with Gasteiger partial charge in [-0.05, 0) is 18.6 Å². The largest absolute Gasteiger partial charge is 0.507 e. The number of amides is 1. The maximum Gasteiger partial charge on any atom is 0.223 e. The molecule has 0 radical (unpaired) electrons. The van der Waals surface area contributed by atoms with Crippen molar-refractivity contribution in [2.24, 2.45) is 0 Å². The van der Waals surface area contributed by atoms with Gasteiger partial charge in [0.15, 0.2) is 0 Å². The van der Waals surface area contributed by atoms with E-state index in [1.54, 1.807) is 11.9 Å². The quantitative estimate of drug-likeness (QED) is 0.816. The molecule has 0 unspecified atom stereocenters. The summed E-state index contributed by atoms with van der Waals surface area (Å²) in [7, 11) is 1.73. The van der Waals surface area contributed by atoms with Crippen molar-refractivity contribution in [2.45, 2.75) is 13.8 Å². The smallest absolute Gasteiger partial charge is 0.223 e. The molecule has 88 valence electrons. The number of anilines is 1. The van der Waals surface area contributed by atoms with Gasteiger partial charge in [-0.15, -0.1) is 0 Å². The average molecular weight is 229 g/mol. The van der Waals surface area contributed by atoms with E-state index in [2.05, 4.69) is 0 Å². The highest BCUT2D eigenvalue weighted by atomic mass is 16.3. The first-order valence-corrected chi connectivity index (χ1v) is 5.48. The van der Waals surface area contributed by atoms with Crippen LogP contribution in [0.2, 0.25) is 0 Å². The Balaban J connectivity index is 2.75. The molecule has 3 heteroatoms. The Bertz CT molecular complexity index is 590. The molecule has 0 saturated carbocycles. The Morgan fingerprint density at radius 3 is 2.53 bits per heavy atom. The first kappa shape index (κ1) is 11.5. The van der Waals surface area contributed by atoms with Crippen molar-refractivity contribution in [3.05, 3.63) is 35.9 Å². The van der Waals surface area contributed by atoms with Crippen molar-refractivity contribution in [1.29, 1.82) is 0 Å². The number of hydrogen-bond acceptors (Lipinski definition) is 2. The highest BCUT2D eigenvalue weighted by Crippen LogP contribution is 2.33. The first-order valence-electron chi connectivity index (χ1n) is 5.48. The molecule has 0 spiro atoms. The lowest BCUT2D eigenvalue weighted by Gasteiger charge is -2.18. The number of hydrogen-bond donors (Lipinski definition) is 1. The van der Waals surface area contributed by atoms with E-state index in [0.29, 0.717) is 0 Å². The molecule has 3 nitrogen and oxygen atoms in total. The number of phenolic OH excluding ortho intramolecular Hbond substituents is 1. The Kier molecular flexibility index (Phi) is 2.76. The van der Waals surface area contributed by atoms with Crippen molar-refractivity contribution in [3.63, 3.8) is 0 Å². The summed E-state index contributed by atoms with van der Waals surface area (Å²) >= 11 is 0. The Morgan fingerprint density at radius 1 is 1.18 bits per heavy atom. The van der Waals surface area contributed by atoms with Crippen molar-refractivity contribution >= 4 is 22.4 Å². The molecule has 17 heavy (non-hydrogen) atoms. The van der Waals surface area contributed by atoms with Gasteiger partial charge < -0.3 is 10.0 Å². The lowest BCUT2D eigenvalue weighted by molar-refractivity contribution is -0.116. The average Bonchev–Trinajstić information content (AvgIpc) is 2.32. The minimum atomic E-state index is -0.0300. The van der Waals surface area contributed by atoms with Crippen LogP contribution in [0.15, 0.2) is 30.3 Å². The van der Waals surface area contributed by atoms with Crippen LogP contribution in [0, 0.1) is 6.92 Å². The minimum absolute atomic E-state index is 0.0300. The zero-order valence-electron chi connectivity index (χ0n) is 10.2. The van der Waals surface area contributed by atoms with Crippen LogP contribution >= 0.6 is 0 Å². The van der Waals surface area contributed by atoms with E-state index in [1.807, 2.05) is 37.3 Å². The van der Waals surface area contributed by atoms with Crippen LogP contribution in [0.4, 0.5) is 5.69 Å². The van der Waals surface area contributed by atoms with Crippen LogP contribution in [-0.4, -0.2) is 18.1 Å². The number of carbonyl (C=O) groups is 1. The molecule has 0 aliphatic carbocycles. The van der Waals surface area contributed by atoms with E-state index < -0.39 is 0 Å². The fourth-order valence-corrected chi connectivity index (χ4v) is 1.90. The van der Waals surface area contributed by atoms with Crippen molar-refractivity contribution < 1.29 is 9.90 Å².